The van der Waals surface area contributed by atoms with Gasteiger partial charge in [-0.2, -0.15) is 0 Å². The van der Waals surface area contributed by atoms with E-state index in [9.17, 15) is 4.79 Å². The molecule has 0 heterocycles. The maximum Gasteiger partial charge on any atom is 0.256 e. The summed E-state index contributed by atoms with van der Waals surface area (Å²) in [7, 11) is 0. The van der Waals surface area contributed by atoms with Gasteiger partial charge < -0.3 is 19.5 Å². The number of ether oxygens (including phenoxy) is 3. The molecule has 1 amide bonds. The number of carbonyl (C=O) groups is 1. The van der Waals surface area contributed by atoms with Gasteiger partial charge in [-0.05, 0) is 45.0 Å². The molecule has 2 rings (SSSR count). The third-order valence-electron chi connectivity index (χ3n) is 3.42. The highest BCUT2D eigenvalue weighted by molar-refractivity contribution is 6.42. The molecule has 0 aliphatic rings. The quantitative estimate of drug-likeness (QED) is 0.548. The van der Waals surface area contributed by atoms with E-state index in [1.54, 1.807) is 12.1 Å². The predicted octanol–water partition coefficient (Wildman–Crippen LogP) is 6.10. The van der Waals surface area contributed by atoms with Crippen molar-refractivity contribution in [2.45, 2.75) is 20.8 Å². The Morgan fingerprint density at radius 1 is 0.852 bits per heavy atom. The van der Waals surface area contributed by atoms with Crippen molar-refractivity contribution in [1.29, 1.82) is 0 Å². The molecule has 8 heteroatoms. The third kappa shape index (κ3) is 5.34. The Hall–Kier alpha value is -1.82. The normalized spacial score (nSPS) is 10.4. The van der Waals surface area contributed by atoms with Crippen molar-refractivity contribution in [2.24, 2.45) is 0 Å². The minimum absolute atomic E-state index is 0.238. The minimum Gasteiger partial charge on any atom is -0.490 e. The summed E-state index contributed by atoms with van der Waals surface area (Å²) in [5.74, 6) is 0.874. The molecule has 2 aromatic rings. The van der Waals surface area contributed by atoms with Crippen LogP contribution in [0, 0.1) is 0 Å². The number of anilines is 1. The summed E-state index contributed by atoms with van der Waals surface area (Å²) >= 11 is 18.2. The Labute approximate surface area is 173 Å². The molecule has 146 valence electrons. The van der Waals surface area contributed by atoms with Crippen molar-refractivity contribution in [3.63, 3.8) is 0 Å². The maximum atomic E-state index is 12.8. The SMILES string of the molecule is CCOc1cc(C(=O)Nc2c(Cl)cc(Cl)cc2Cl)cc(OCC)c1OCC. The van der Waals surface area contributed by atoms with Crippen LogP contribution in [0.4, 0.5) is 5.69 Å². The van der Waals surface area contributed by atoms with Crippen LogP contribution in [0.3, 0.4) is 0 Å². The Balaban J connectivity index is 2.43. The van der Waals surface area contributed by atoms with Crippen molar-refractivity contribution < 1.29 is 19.0 Å². The number of amides is 1. The fourth-order valence-corrected chi connectivity index (χ4v) is 3.28. The van der Waals surface area contributed by atoms with Gasteiger partial charge in [0.1, 0.15) is 0 Å². The lowest BCUT2D eigenvalue weighted by atomic mass is 10.1. The molecule has 0 aliphatic carbocycles. The van der Waals surface area contributed by atoms with E-state index in [0.717, 1.165) is 0 Å². The van der Waals surface area contributed by atoms with Crippen LogP contribution in [0.15, 0.2) is 24.3 Å². The van der Waals surface area contributed by atoms with E-state index in [1.807, 2.05) is 20.8 Å². The second-order valence-electron chi connectivity index (χ2n) is 5.30. The fourth-order valence-electron chi connectivity index (χ4n) is 2.37. The third-order valence-corrected chi connectivity index (χ3v) is 4.23. The lowest BCUT2D eigenvalue weighted by Gasteiger charge is -2.17. The van der Waals surface area contributed by atoms with Gasteiger partial charge in [-0.25, -0.2) is 0 Å². The largest absolute Gasteiger partial charge is 0.490 e. The molecule has 0 aliphatic heterocycles. The van der Waals surface area contributed by atoms with Crippen molar-refractivity contribution >= 4 is 46.4 Å². The van der Waals surface area contributed by atoms with Crippen LogP contribution in [0.1, 0.15) is 31.1 Å². The molecule has 2 aromatic carbocycles. The van der Waals surface area contributed by atoms with Gasteiger partial charge in [-0.1, -0.05) is 34.8 Å². The van der Waals surface area contributed by atoms with E-state index in [1.165, 1.54) is 12.1 Å². The number of benzene rings is 2. The highest BCUT2D eigenvalue weighted by Crippen LogP contribution is 2.40. The highest BCUT2D eigenvalue weighted by Gasteiger charge is 2.20. The smallest absolute Gasteiger partial charge is 0.256 e. The van der Waals surface area contributed by atoms with Gasteiger partial charge in [0.25, 0.3) is 5.91 Å². The monoisotopic (exact) mass is 431 g/mol. The first-order valence-electron chi connectivity index (χ1n) is 8.43. The first-order chi connectivity index (χ1) is 12.9. The summed E-state index contributed by atoms with van der Waals surface area (Å²) < 4.78 is 16.9. The van der Waals surface area contributed by atoms with Crippen molar-refractivity contribution in [2.75, 3.05) is 25.1 Å². The van der Waals surface area contributed by atoms with E-state index in [0.29, 0.717) is 47.7 Å². The van der Waals surface area contributed by atoms with Crippen LogP contribution in [-0.4, -0.2) is 25.7 Å². The van der Waals surface area contributed by atoms with E-state index < -0.39 is 5.91 Å². The van der Waals surface area contributed by atoms with Gasteiger partial charge in [0, 0.05) is 10.6 Å². The molecule has 0 saturated heterocycles. The standard InChI is InChI=1S/C19H20Cl3NO4/c1-4-25-15-7-11(8-16(26-5-2)18(15)27-6-3)19(24)23-17-13(21)9-12(20)10-14(17)22/h7-10H,4-6H2,1-3H3,(H,23,24). The second kappa shape index (κ2) is 9.93. The van der Waals surface area contributed by atoms with Crippen molar-refractivity contribution in [3.8, 4) is 17.2 Å². The molecule has 1 N–H and O–H groups in total. The van der Waals surface area contributed by atoms with Crippen LogP contribution >= 0.6 is 34.8 Å². The average Bonchev–Trinajstić information content (AvgIpc) is 2.60. The number of carbonyl (C=O) groups excluding carboxylic acids is 1. The van der Waals surface area contributed by atoms with E-state index in [2.05, 4.69) is 5.32 Å². The van der Waals surface area contributed by atoms with Crippen LogP contribution in [0.5, 0.6) is 17.2 Å². The Morgan fingerprint density at radius 3 is 1.78 bits per heavy atom. The van der Waals surface area contributed by atoms with Crippen LogP contribution in [-0.2, 0) is 0 Å². The molecule has 0 fully saturated rings. The van der Waals surface area contributed by atoms with E-state index in [-0.39, 0.29) is 15.7 Å². The lowest BCUT2D eigenvalue weighted by Crippen LogP contribution is -2.14. The molecule has 0 bridgehead atoms. The maximum absolute atomic E-state index is 12.8. The summed E-state index contributed by atoms with van der Waals surface area (Å²) in [5.41, 5.74) is 0.588. The molecular weight excluding hydrogens is 413 g/mol. The molecule has 0 saturated carbocycles. The zero-order valence-corrected chi connectivity index (χ0v) is 17.5. The topological polar surface area (TPSA) is 56.8 Å². The van der Waals surface area contributed by atoms with Crippen LogP contribution < -0.4 is 19.5 Å². The van der Waals surface area contributed by atoms with Crippen LogP contribution in [0.25, 0.3) is 0 Å². The van der Waals surface area contributed by atoms with Crippen molar-refractivity contribution in [3.05, 3.63) is 44.9 Å². The zero-order chi connectivity index (χ0) is 20.0. The number of halogens is 3. The summed E-state index contributed by atoms with van der Waals surface area (Å²) in [5, 5.41) is 3.55. The van der Waals surface area contributed by atoms with Gasteiger partial charge in [0.2, 0.25) is 5.75 Å². The molecule has 0 spiro atoms. The first-order valence-corrected chi connectivity index (χ1v) is 9.56. The molecule has 0 radical (unpaired) electrons. The van der Waals surface area contributed by atoms with Gasteiger partial charge in [-0.3, -0.25) is 4.79 Å². The van der Waals surface area contributed by atoms with Crippen LogP contribution in [0.2, 0.25) is 15.1 Å². The fraction of sp³-hybridized carbons (Fsp3) is 0.316. The lowest BCUT2D eigenvalue weighted by molar-refractivity contribution is 0.102. The number of hydrogen-bond acceptors (Lipinski definition) is 4. The molecule has 0 unspecified atom stereocenters. The van der Waals surface area contributed by atoms with Gasteiger partial charge in [0.05, 0.1) is 35.6 Å². The number of rotatable bonds is 8. The number of nitrogens with one attached hydrogen (secondary N) is 1. The molecule has 0 aromatic heterocycles. The zero-order valence-electron chi connectivity index (χ0n) is 15.2. The van der Waals surface area contributed by atoms with E-state index >= 15 is 0 Å². The molecule has 27 heavy (non-hydrogen) atoms. The highest BCUT2D eigenvalue weighted by atomic mass is 35.5. The van der Waals surface area contributed by atoms with Gasteiger partial charge >= 0.3 is 0 Å². The second-order valence-corrected chi connectivity index (χ2v) is 6.55. The summed E-state index contributed by atoms with van der Waals surface area (Å²) in [6.07, 6.45) is 0. The minimum atomic E-state index is -0.425. The first kappa shape index (κ1) is 21.5. The predicted molar refractivity (Wildman–Crippen MR) is 109 cm³/mol. The Morgan fingerprint density at radius 2 is 1.33 bits per heavy atom. The van der Waals surface area contributed by atoms with E-state index in [4.69, 9.17) is 49.0 Å². The van der Waals surface area contributed by atoms with Crippen molar-refractivity contribution in [1.82, 2.24) is 0 Å². The molecule has 5 nitrogen and oxygen atoms in total. The van der Waals surface area contributed by atoms with Gasteiger partial charge in [-0.15, -0.1) is 0 Å². The summed E-state index contributed by atoms with van der Waals surface area (Å²) in [6.45, 7) is 6.79. The van der Waals surface area contributed by atoms with Gasteiger partial charge in [0.15, 0.2) is 11.5 Å². The summed E-state index contributed by atoms with van der Waals surface area (Å²) in [4.78, 5) is 12.8. The summed E-state index contributed by atoms with van der Waals surface area (Å²) in [6, 6.07) is 6.17. The Kier molecular flexibility index (Phi) is 7.90. The Bertz CT molecular complexity index is 777. The number of hydrogen-bond donors (Lipinski definition) is 1. The average molecular weight is 433 g/mol. The molecule has 0 atom stereocenters. The molecular formula is C19H20Cl3NO4.